The van der Waals surface area contributed by atoms with Crippen LogP contribution in [0.4, 0.5) is 8.78 Å². The Morgan fingerprint density at radius 1 is 1.15 bits per heavy atom. The summed E-state index contributed by atoms with van der Waals surface area (Å²) in [6.07, 6.45) is 7.95. The number of allylic oxidation sites excluding steroid dienone is 8. The first-order valence-corrected chi connectivity index (χ1v) is 16.8. The number of halogens is 2. The zero-order valence-corrected chi connectivity index (χ0v) is 33.4. The van der Waals surface area contributed by atoms with E-state index in [1.807, 2.05) is 13.8 Å². The Kier molecular flexibility index (Phi) is 18.5. The van der Waals surface area contributed by atoms with Crippen LogP contribution in [-0.4, -0.2) is 50.6 Å². The quantitative estimate of drug-likeness (QED) is 0.0804. The van der Waals surface area contributed by atoms with Gasteiger partial charge < -0.3 is 29.8 Å². The van der Waals surface area contributed by atoms with Gasteiger partial charge in [-0.25, -0.2) is 8.78 Å². The van der Waals surface area contributed by atoms with Crippen molar-refractivity contribution in [2.75, 3.05) is 39.5 Å². The predicted octanol–water partition coefficient (Wildman–Crippen LogP) is 5.26. The van der Waals surface area contributed by atoms with Gasteiger partial charge >= 0.3 is 51.4 Å². The van der Waals surface area contributed by atoms with Crippen molar-refractivity contribution in [1.29, 1.82) is 5.26 Å². The number of fused-ring (bicyclic) bond motifs is 1. The van der Waals surface area contributed by atoms with Crippen LogP contribution in [0.5, 0.6) is 0 Å². The smallest absolute Gasteiger partial charge is 0.430 e. The van der Waals surface area contributed by atoms with Crippen molar-refractivity contribution < 1.29 is 74.4 Å². The van der Waals surface area contributed by atoms with Crippen LogP contribution in [0.2, 0.25) is 0 Å². The zero-order valence-electron chi connectivity index (χ0n) is 30.3. The largest absolute Gasteiger partial charge is 1.00 e. The van der Waals surface area contributed by atoms with Gasteiger partial charge in [0.25, 0.3) is 0 Å². The SMILES string of the molecule is CCC.C\C=C(F)/C(C)=C(C(/C#N)=C(\C)N)\C(=C(/C)CC)c1c(F)[c-]c(/C=N\[CH-]OCC2(CN3CCCOCC3)CC2)c2c1COC2.[K+]. The van der Waals surface area contributed by atoms with Gasteiger partial charge in [-0.05, 0) is 76.8 Å². The van der Waals surface area contributed by atoms with Crippen molar-refractivity contribution in [2.24, 2.45) is 16.1 Å². The minimum Gasteiger partial charge on any atom is -0.430 e. The molecule has 0 aromatic heterocycles. The van der Waals surface area contributed by atoms with Crippen molar-refractivity contribution in [3.05, 3.63) is 80.8 Å². The van der Waals surface area contributed by atoms with Crippen molar-refractivity contribution in [1.82, 2.24) is 4.90 Å². The molecule has 258 valence electrons. The Bertz CT molecular complexity index is 1440. The Hall–Kier alpha value is -1.65. The topological polar surface area (TPSA) is 93.1 Å². The third kappa shape index (κ3) is 11.2. The van der Waals surface area contributed by atoms with Gasteiger partial charge in [0.1, 0.15) is 11.9 Å². The fraction of sp³-hybridized carbons (Fsp3) is 0.553. The second-order valence-corrected chi connectivity index (χ2v) is 12.6. The second kappa shape index (κ2) is 20.9. The summed E-state index contributed by atoms with van der Waals surface area (Å²) in [5, 5.41) is 10.1. The Morgan fingerprint density at radius 2 is 1.83 bits per heavy atom. The summed E-state index contributed by atoms with van der Waals surface area (Å²) in [6.45, 7) is 19.8. The Balaban J connectivity index is 0.00000193. The first kappa shape index (κ1) is 42.5. The molecular formula is C38H52F2KN4O3-. The van der Waals surface area contributed by atoms with Crippen LogP contribution in [0, 0.1) is 35.4 Å². The maximum atomic E-state index is 16.2. The number of nitrogens with two attached hydrogens (primary N) is 1. The summed E-state index contributed by atoms with van der Waals surface area (Å²) in [6, 6.07) is 4.98. The Labute approximate surface area is 329 Å². The van der Waals surface area contributed by atoms with Crippen LogP contribution in [0.15, 0.2) is 44.9 Å². The van der Waals surface area contributed by atoms with Gasteiger partial charge in [0, 0.05) is 56.4 Å². The summed E-state index contributed by atoms with van der Waals surface area (Å²) in [5.74, 6) is -1.14. The molecule has 1 aliphatic carbocycles. The third-order valence-corrected chi connectivity index (χ3v) is 8.71. The molecule has 0 amide bonds. The van der Waals surface area contributed by atoms with Gasteiger partial charge in [0.05, 0.1) is 18.8 Å². The van der Waals surface area contributed by atoms with Gasteiger partial charge in [-0.15, -0.1) is 17.8 Å². The first-order chi connectivity index (χ1) is 22.6. The van der Waals surface area contributed by atoms with E-state index in [9.17, 15) is 5.26 Å². The van der Waals surface area contributed by atoms with Gasteiger partial charge in [-0.2, -0.15) is 10.8 Å². The summed E-state index contributed by atoms with van der Waals surface area (Å²) in [7, 11) is 0. The molecule has 0 unspecified atom stereocenters. The molecule has 0 bridgehead atoms. The first-order valence-electron chi connectivity index (χ1n) is 16.8. The third-order valence-electron chi connectivity index (χ3n) is 8.71. The van der Waals surface area contributed by atoms with Crippen LogP contribution < -0.4 is 57.1 Å². The summed E-state index contributed by atoms with van der Waals surface area (Å²) in [4.78, 5) is 6.79. The van der Waals surface area contributed by atoms with Gasteiger partial charge in [-0.3, -0.25) is 0 Å². The van der Waals surface area contributed by atoms with Crippen molar-refractivity contribution in [2.45, 2.75) is 93.8 Å². The molecule has 2 N–H and O–H groups in total. The molecular weight excluding hydrogens is 638 g/mol. The molecule has 1 saturated carbocycles. The molecule has 7 nitrogen and oxygen atoms in total. The van der Waals surface area contributed by atoms with Crippen LogP contribution in [-0.2, 0) is 27.4 Å². The number of nitrogens with zero attached hydrogens (tertiary/aromatic N) is 3. The number of nitriles is 1. The molecule has 2 fully saturated rings. The summed E-state index contributed by atoms with van der Waals surface area (Å²) in [5.41, 5.74) is 10.4. The van der Waals surface area contributed by atoms with Crippen molar-refractivity contribution >= 4 is 11.8 Å². The van der Waals surface area contributed by atoms with Crippen molar-refractivity contribution in [3.63, 3.8) is 0 Å². The van der Waals surface area contributed by atoms with Crippen LogP contribution in [0.25, 0.3) is 5.57 Å². The van der Waals surface area contributed by atoms with E-state index in [-0.39, 0.29) is 98.0 Å². The normalized spacial score (nSPS) is 19.0. The number of hydrogen-bond acceptors (Lipinski definition) is 7. The summed E-state index contributed by atoms with van der Waals surface area (Å²) < 4.78 is 48.5. The number of benzene rings is 1. The molecule has 0 atom stereocenters. The van der Waals surface area contributed by atoms with Crippen LogP contribution >= 0.6 is 0 Å². The number of ether oxygens (including phenoxy) is 3. The molecule has 4 rings (SSSR count). The van der Waals surface area contributed by atoms with E-state index in [0.29, 0.717) is 29.7 Å². The molecule has 10 heteroatoms. The predicted molar refractivity (Wildman–Crippen MR) is 184 cm³/mol. The molecule has 1 aromatic rings. The molecule has 0 radical (unpaired) electrons. The molecule has 2 aliphatic heterocycles. The maximum Gasteiger partial charge on any atom is 1.00 e. The molecule has 48 heavy (non-hydrogen) atoms. The average Bonchev–Trinajstić information content (AvgIpc) is 3.72. The molecule has 1 aromatic carbocycles. The summed E-state index contributed by atoms with van der Waals surface area (Å²) >= 11 is 0. The van der Waals surface area contributed by atoms with Crippen LogP contribution in [0.3, 0.4) is 0 Å². The molecule has 3 aliphatic rings. The second-order valence-electron chi connectivity index (χ2n) is 12.6. The monoisotopic (exact) mass is 689 g/mol. The van der Waals surface area contributed by atoms with Crippen molar-refractivity contribution in [3.8, 4) is 6.07 Å². The maximum absolute atomic E-state index is 16.2. The van der Waals surface area contributed by atoms with Gasteiger partial charge in [0.2, 0.25) is 0 Å². The number of hydrogen-bond donors (Lipinski definition) is 1. The van der Waals surface area contributed by atoms with Gasteiger partial charge in [0.15, 0.2) is 0 Å². The van der Waals surface area contributed by atoms with Gasteiger partial charge in [-0.1, -0.05) is 50.0 Å². The molecule has 2 heterocycles. The van der Waals surface area contributed by atoms with E-state index in [0.717, 1.165) is 63.2 Å². The number of aliphatic imine (C=N–C) groups is 1. The minimum absolute atomic E-state index is 0. The van der Waals surface area contributed by atoms with E-state index >= 15 is 8.78 Å². The fourth-order valence-electron chi connectivity index (χ4n) is 5.88. The molecule has 0 spiro atoms. The number of rotatable bonds is 12. The van der Waals surface area contributed by atoms with E-state index in [4.69, 9.17) is 19.9 Å². The van der Waals surface area contributed by atoms with E-state index in [1.54, 1.807) is 20.8 Å². The van der Waals surface area contributed by atoms with E-state index in [2.05, 4.69) is 35.9 Å². The van der Waals surface area contributed by atoms with E-state index < -0.39 is 11.6 Å². The molecule has 1 saturated heterocycles. The fourth-order valence-corrected chi connectivity index (χ4v) is 5.88. The van der Waals surface area contributed by atoms with E-state index in [1.165, 1.54) is 25.4 Å². The average molecular weight is 690 g/mol. The Morgan fingerprint density at radius 3 is 2.44 bits per heavy atom. The zero-order chi connectivity index (χ0) is 34.6. The van der Waals surface area contributed by atoms with Crippen LogP contribution in [0.1, 0.15) is 103 Å². The minimum atomic E-state index is -0.629. The standard InChI is InChI=1S/C35H44F2N4O3.C3H8.K/c1-6-23(3)32(33(24(4)30(36)7-2)27(16-38)25(5)39)34-29-19-43-18-28(29)26(15-31(34)37)17-40-22-44-21-35(9-10-35)20-41-11-8-13-42-14-12-41;1-3-2;/h7,17,22H,6,8-14,18-21,39H2,1-5H3;3H2,1-2H3;/q-2;;+1/b27-25+,30-7+,32-23-,33-24-,40-17-;;.